The van der Waals surface area contributed by atoms with Crippen LogP contribution < -0.4 is 5.30 Å². The summed E-state index contributed by atoms with van der Waals surface area (Å²) in [7, 11) is -2.27. The van der Waals surface area contributed by atoms with Crippen LogP contribution in [-0.4, -0.2) is 18.3 Å². The van der Waals surface area contributed by atoms with Crippen LogP contribution in [0.25, 0.3) is 54.8 Å². The van der Waals surface area contributed by atoms with Gasteiger partial charge in [-0.15, -0.1) is 0 Å². The Balaban J connectivity index is 1.60. The maximum atomic E-state index is 12.4. The van der Waals surface area contributed by atoms with E-state index in [-0.39, 0.29) is 0 Å². The molecule has 1 aromatic heterocycles. The van der Waals surface area contributed by atoms with Gasteiger partial charge in [-0.1, -0.05) is 97.1 Å². The summed E-state index contributed by atoms with van der Waals surface area (Å²) in [6, 6.07) is 38.0. The lowest BCUT2D eigenvalue weighted by molar-refractivity contribution is 0.588. The van der Waals surface area contributed by atoms with Gasteiger partial charge in [0.25, 0.3) is 0 Å². The molecule has 6 rings (SSSR count). The molecule has 0 unspecified atom stereocenters. The number of rotatable bonds is 3. The van der Waals surface area contributed by atoms with Crippen molar-refractivity contribution in [2.24, 2.45) is 0 Å². The highest BCUT2D eigenvalue weighted by Crippen LogP contribution is 2.39. The molecule has 3 heteroatoms. The molecule has 164 valence electrons. The molecule has 0 saturated heterocycles. The molecular weight excluding hydrogens is 433 g/mol. The second kappa shape index (κ2) is 7.94. The van der Waals surface area contributed by atoms with E-state index in [0.29, 0.717) is 0 Å². The van der Waals surface area contributed by atoms with Crippen LogP contribution in [0.1, 0.15) is 0 Å². The Morgan fingerprint density at radius 2 is 1.29 bits per heavy atom. The molecule has 0 bridgehead atoms. The zero-order valence-corrected chi connectivity index (χ0v) is 20.1. The summed E-state index contributed by atoms with van der Waals surface area (Å²) < 4.78 is 12.4. The Labute approximate surface area is 199 Å². The number of fused-ring (bicyclic) bond motifs is 4. The van der Waals surface area contributed by atoms with Crippen LogP contribution in [0, 0.1) is 0 Å². The first-order valence-electron chi connectivity index (χ1n) is 11.5. The number of pyridine rings is 1. The highest BCUT2D eigenvalue weighted by atomic mass is 31.2. The molecule has 0 amide bonds. The maximum absolute atomic E-state index is 12.4. The van der Waals surface area contributed by atoms with E-state index in [1.54, 1.807) is 0 Å². The van der Waals surface area contributed by atoms with Gasteiger partial charge in [0.05, 0.1) is 11.0 Å². The van der Waals surface area contributed by atoms with Gasteiger partial charge in [0, 0.05) is 27.0 Å². The Morgan fingerprint density at radius 3 is 2.09 bits per heavy atom. The van der Waals surface area contributed by atoms with Crippen molar-refractivity contribution >= 4 is 45.0 Å². The number of hydrogen-bond donors (Lipinski definition) is 0. The molecule has 0 aliphatic carbocycles. The minimum absolute atomic E-state index is 0.908. The fourth-order valence-electron chi connectivity index (χ4n) is 4.80. The smallest absolute Gasteiger partial charge is 0.109 e. The zero-order chi connectivity index (χ0) is 23.3. The summed E-state index contributed by atoms with van der Waals surface area (Å²) >= 11 is 0. The van der Waals surface area contributed by atoms with Gasteiger partial charge in [-0.2, -0.15) is 0 Å². The second-order valence-corrected chi connectivity index (χ2v) is 12.4. The van der Waals surface area contributed by atoms with Crippen LogP contribution in [0.3, 0.4) is 0 Å². The van der Waals surface area contributed by atoms with Crippen LogP contribution in [0.15, 0.2) is 109 Å². The molecule has 0 N–H and O–H groups in total. The predicted octanol–water partition coefficient (Wildman–Crippen LogP) is 8.12. The SMILES string of the molecule is CP(C)(=O)c1ccc(-c2cccc(-c3c4ccccc4nc4c3ccc3ccccc34)c2)cc1. The van der Waals surface area contributed by atoms with Crippen molar-refractivity contribution < 1.29 is 4.57 Å². The normalized spacial score (nSPS) is 11.9. The molecule has 0 spiro atoms. The summed E-state index contributed by atoms with van der Waals surface area (Å²) in [4.78, 5) is 5.08. The van der Waals surface area contributed by atoms with Crippen molar-refractivity contribution in [1.82, 2.24) is 4.98 Å². The van der Waals surface area contributed by atoms with Gasteiger partial charge in [-0.25, -0.2) is 4.98 Å². The minimum Gasteiger partial charge on any atom is -0.319 e. The van der Waals surface area contributed by atoms with Crippen molar-refractivity contribution in [3.05, 3.63) is 109 Å². The molecule has 6 aromatic rings. The first-order chi connectivity index (χ1) is 16.5. The minimum atomic E-state index is -2.27. The fourth-order valence-corrected chi connectivity index (χ4v) is 5.67. The maximum Gasteiger partial charge on any atom is 0.109 e. The Kier molecular flexibility index (Phi) is 4.86. The lowest BCUT2D eigenvalue weighted by atomic mass is 9.92. The Morgan fingerprint density at radius 1 is 0.588 bits per heavy atom. The van der Waals surface area contributed by atoms with Crippen LogP contribution in [0.4, 0.5) is 0 Å². The van der Waals surface area contributed by atoms with Crippen molar-refractivity contribution in [2.45, 2.75) is 0 Å². The standard InChI is InChI=1S/C31H24NOP/c1-34(2,33)25-17-14-21(15-18-25)23-9-7-10-24(20-23)30-27-12-5-6-13-29(27)32-31-26-11-4-3-8-22(26)16-19-28(30)31/h3-20H,1-2H3. The molecule has 0 atom stereocenters. The lowest BCUT2D eigenvalue weighted by Crippen LogP contribution is -2.01. The van der Waals surface area contributed by atoms with Crippen LogP contribution in [0.2, 0.25) is 0 Å². The largest absolute Gasteiger partial charge is 0.319 e. The predicted molar refractivity (Wildman–Crippen MR) is 147 cm³/mol. The lowest BCUT2D eigenvalue weighted by Gasteiger charge is -2.14. The third kappa shape index (κ3) is 3.52. The summed E-state index contributed by atoms with van der Waals surface area (Å²) in [5, 5.41) is 5.58. The highest BCUT2D eigenvalue weighted by molar-refractivity contribution is 7.70. The van der Waals surface area contributed by atoms with E-state index in [0.717, 1.165) is 43.8 Å². The topological polar surface area (TPSA) is 30.0 Å². The monoisotopic (exact) mass is 457 g/mol. The first-order valence-corrected chi connectivity index (χ1v) is 14.1. The van der Waals surface area contributed by atoms with E-state index in [2.05, 4.69) is 91.0 Å². The fraction of sp³-hybridized carbons (Fsp3) is 0.0645. The van der Waals surface area contributed by atoms with Gasteiger partial charge in [-0.05, 0) is 47.5 Å². The summed E-state index contributed by atoms with van der Waals surface area (Å²) in [5.41, 5.74) is 6.66. The van der Waals surface area contributed by atoms with E-state index in [4.69, 9.17) is 4.98 Å². The molecule has 34 heavy (non-hydrogen) atoms. The van der Waals surface area contributed by atoms with Gasteiger partial charge in [-0.3, -0.25) is 0 Å². The quantitative estimate of drug-likeness (QED) is 0.153. The van der Waals surface area contributed by atoms with Crippen molar-refractivity contribution in [2.75, 3.05) is 13.3 Å². The van der Waals surface area contributed by atoms with Gasteiger partial charge >= 0.3 is 0 Å². The molecule has 2 nitrogen and oxygen atoms in total. The molecule has 1 heterocycles. The third-order valence-electron chi connectivity index (χ3n) is 6.55. The van der Waals surface area contributed by atoms with E-state index in [1.807, 2.05) is 31.5 Å². The van der Waals surface area contributed by atoms with Gasteiger partial charge < -0.3 is 4.57 Å². The first kappa shape index (κ1) is 20.8. The molecule has 0 aliphatic heterocycles. The Hall–Kier alpha value is -3.74. The molecule has 0 aliphatic rings. The number of aromatic nitrogens is 1. The number of benzene rings is 5. The van der Waals surface area contributed by atoms with E-state index in [1.165, 1.54) is 16.3 Å². The van der Waals surface area contributed by atoms with Crippen LogP contribution >= 0.6 is 7.14 Å². The summed E-state index contributed by atoms with van der Waals surface area (Å²) in [6.45, 7) is 3.62. The summed E-state index contributed by atoms with van der Waals surface area (Å²) in [5.74, 6) is 0. The van der Waals surface area contributed by atoms with E-state index in [9.17, 15) is 4.57 Å². The summed E-state index contributed by atoms with van der Waals surface area (Å²) in [6.07, 6.45) is 0. The van der Waals surface area contributed by atoms with Crippen LogP contribution in [-0.2, 0) is 4.57 Å². The zero-order valence-electron chi connectivity index (χ0n) is 19.2. The average Bonchev–Trinajstić information content (AvgIpc) is 2.87. The Bertz CT molecular complexity index is 1750. The number of hydrogen-bond acceptors (Lipinski definition) is 2. The number of nitrogens with zero attached hydrogens (tertiary/aromatic N) is 1. The number of para-hydroxylation sites is 1. The van der Waals surface area contributed by atoms with Crippen molar-refractivity contribution in [3.8, 4) is 22.3 Å². The highest BCUT2D eigenvalue weighted by Gasteiger charge is 2.14. The van der Waals surface area contributed by atoms with Crippen molar-refractivity contribution in [1.29, 1.82) is 0 Å². The third-order valence-corrected chi connectivity index (χ3v) is 8.09. The molecule has 0 radical (unpaired) electrons. The van der Waals surface area contributed by atoms with Gasteiger partial charge in [0.1, 0.15) is 7.14 Å². The average molecular weight is 458 g/mol. The van der Waals surface area contributed by atoms with Crippen molar-refractivity contribution in [3.63, 3.8) is 0 Å². The molecular formula is C31H24NOP. The van der Waals surface area contributed by atoms with E-state index < -0.39 is 7.14 Å². The van der Waals surface area contributed by atoms with Crippen LogP contribution in [0.5, 0.6) is 0 Å². The van der Waals surface area contributed by atoms with Gasteiger partial charge in [0.15, 0.2) is 0 Å². The molecule has 0 saturated carbocycles. The van der Waals surface area contributed by atoms with E-state index >= 15 is 0 Å². The molecule has 5 aromatic carbocycles. The molecule has 0 fully saturated rings. The second-order valence-electron chi connectivity index (χ2n) is 9.17. The van der Waals surface area contributed by atoms with Gasteiger partial charge in [0.2, 0.25) is 0 Å².